The van der Waals surface area contributed by atoms with E-state index >= 15 is 0 Å². The highest BCUT2D eigenvalue weighted by Gasteiger charge is 2.14. The number of rotatable bonds is 3. The van der Waals surface area contributed by atoms with Crippen LogP contribution in [0.25, 0.3) is 32.4 Å². The van der Waals surface area contributed by atoms with E-state index < -0.39 is 6.09 Å². The lowest BCUT2D eigenvalue weighted by Crippen LogP contribution is -2.22. The first-order valence-electron chi connectivity index (χ1n) is 7.46. The van der Waals surface area contributed by atoms with Crippen molar-refractivity contribution in [2.45, 2.75) is 6.54 Å². The second-order valence-electron chi connectivity index (χ2n) is 5.33. The number of alkyl carbamates (subject to hydrolysis) is 1. The molecule has 4 rings (SSSR count). The second kappa shape index (κ2) is 6.02. The molecule has 0 bridgehead atoms. The van der Waals surface area contributed by atoms with Gasteiger partial charge in [-0.2, -0.15) is 5.10 Å². The van der Waals surface area contributed by atoms with E-state index in [0.717, 1.165) is 31.9 Å². The number of hydrogen-bond donors (Lipinski definition) is 3. The van der Waals surface area contributed by atoms with Crippen LogP contribution in [0.2, 0.25) is 0 Å². The molecule has 0 radical (unpaired) electrons. The smallest absolute Gasteiger partial charge is 0.407 e. The summed E-state index contributed by atoms with van der Waals surface area (Å²) in [5.74, 6) is 0.366. The number of hydrogen-bond acceptors (Lipinski definition) is 7. The van der Waals surface area contributed by atoms with Crippen LogP contribution in [0.1, 0.15) is 5.01 Å². The van der Waals surface area contributed by atoms with E-state index in [1.165, 1.54) is 18.4 Å². The Balaban J connectivity index is 1.80. The molecule has 3 heterocycles. The number of aromatic nitrogens is 4. The number of aromatic amines is 1. The van der Waals surface area contributed by atoms with E-state index in [-0.39, 0.29) is 6.54 Å². The number of H-pyrrole nitrogens is 1. The number of ether oxygens (including phenoxy) is 1. The van der Waals surface area contributed by atoms with Crippen molar-refractivity contribution in [1.82, 2.24) is 25.5 Å². The molecule has 0 unspecified atom stereocenters. The summed E-state index contributed by atoms with van der Waals surface area (Å²) in [5, 5.41) is 11.2. The molecule has 0 aliphatic carbocycles. The van der Waals surface area contributed by atoms with Gasteiger partial charge in [-0.05, 0) is 12.1 Å². The van der Waals surface area contributed by atoms with Crippen molar-refractivity contribution >= 4 is 44.4 Å². The molecule has 0 fully saturated rings. The Bertz CT molecular complexity index is 1070. The van der Waals surface area contributed by atoms with Crippen LogP contribution in [0, 0.1) is 0 Å². The van der Waals surface area contributed by atoms with Gasteiger partial charge in [0.15, 0.2) is 5.82 Å². The van der Waals surface area contributed by atoms with E-state index in [9.17, 15) is 4.79 Å². The maximum atomic E-state index is 11.2. The van der Waals surface area contributed by atoms with Gasteiger partial charge in [0.2, 0.25) is 0 Å². The molecule has 0 atom stereocenters. The fourth-order valence-electron chi connectivity index (χ4n) is 2.60. The molecule has 0 spiro atoms. The third-order valence-electron chi connectivity index (χ3n) is 3.78. The summed E-state index contributed by atoms with van der Waals surface area (Å²) in [7, 11) is 1.32. The summed E-state index contributed by atoms with van der Waals surface area (Å²) in [4.78, 5) is 20.2. The zero-order valence-corrected chi connectivity index (χ0v) is 14.1. The number of nitrogens with one attached hydrogen (secondary N) is 2. The monoisotopic (exact) mass is 354 g/mol. The van der Waals surface area contributed by atoms with Crippen LogP contribution in [0.4, 0.5) is 10.6 Å². The SMILES string of the molecule is COC(=O)NCc1nc2c(N)nc3cc(-c4ccn[nH]4)ccc3c2s1. The number of anilines is 1. The standard InChI is InChI=1S/C16H14N6O2S/c1-24-16(23)18-7-12-21-13-14(25-12)9-3-2-8(10-4-5-19-22-10)6-11(9)20-15(13)17/h2-6H,7H2,1H3,(H2,17,20)(H,18,23)(H,19,22). The second-order valence-corrected chi connectivity index (χ2v) is 6.41. The lowest BCUT2D eigenvalue weighted by molar-refractivity contribution is 0.170. The van der Waals surface area contributed by atoms with Crippen molar-refractivity contribution in [3.63, 3.8) is 0 Å². The first-order valence-corrected chi connectivity index (χ1v) is 8.27. The van der Waals surface area contributed by atoms with Crippen molar-refractivity contribution < 1.29 is 9.53 Å². The van der Waals surface area contributed by atoms with Crippen LogP contribution in [0.15, 0.2) is 30.5 Å². The maximum absolute atomic E-state index is 11.2. The topological polar surface area (TPSA) is 119 Å². The molecule has 0 aliphatic rings. The van der Waals surface area contributed by atoms with Gasteiger partial charge in [-0.15, -0.1) is 11.3 Å². The maximum Gasteiger partial charge on any atom is 0.407 e. The Morgan fingerprint density at radius 3 is 3.00 bits per heavy atom. The molecule has 9 heteroatoms. The van der Waals surface area contributed by atoms with Crippen molar-refractivity contribution in [2.75, 3.05) is 12.8 Å². The molecule has 0 saturated carbocycles. The summed E-state index contributed by atoms with van der Waals surface area (Å²) in [5.41, 5.74) is 9.41. The number of carbonyl (C=O) groups is 1. The van der Waals surface area contributed by atoms with Crippen LogP contribution < -0.4 is 11.1 Å². The van der Waals surface area contributed by atoms with Crippen molar-refractivity contribution in [2.24, 2.45) is 0 Å². The Kier molecular flexibility index (Phi) is 3.69. The normalized spacial score (nSPS) is 11.1. The lowest BCUT2D eigenvalue weighted by Gasteiger charge is -2.03. The Labute approximate surface area is 146 Å². The molecule has 0 aliphatic heterocycles. The van der Waals surface area contributed by atoms with Gasteiger partial charge in [0.1, 0.15) is 10.5 Å². The number of carbonyl (C=O) groups excluding carboxylic acids is 1. The fraction of sp³-hybridized carbons (Fsp3) is 0.125. The third-order valence-corrected chi connectivity index (χ3v) is 4.87. The summed E-state index contributed by atoms with van der Waals surface area (Å²) < 4.78 is 5.51. The number of fused-ring (bicyclic) bond motifs is 3. The predicted octanol–water partition coefficient (Wildman–Crippen LogP) is 2.67. The van der Waals surface area contributed by atoms with Gasteiger partial charge in [-0.25, -0.2) is 14.8 Å². The van der Waals surface area contributed by atoms with Crippen LogP contribution in [0.3, 0.4) is 0 Å². The number of amides is 1. The molecule has 4 N–H and O–H groups in total. The molecule has 8 nitrogen and oxygen atoms in total. The van der Waals surface area contributed by atoms with E-state index in [2.05, 4.69) is 30.2 Å². The average Bonchev–Trinajstić information content (AvgIpc) is 3.29. The minimum atomic E-state index is -0.501. The number of pyridine rings is 1. The van der Waals surface area contributed by atoms with E-state index in [1.54, 1.807) is 6.20 Å². The summed E-state index contributed by atoms with van der Waals surface area (Å²) in [6.45, 7) is 0.277. The van der Waals surface area contributed by atoms with Crippen LogP contribution in [-0.4, -0.2) is 33.4 Å². The highest BCUT2D eigenvalue weighted by Crippen LogP contribution is 2.34. The van der Waals surface area contributed by atoms with Gasteiger partial charge in [-0.3, -0.25) is 5.10 Å². The highest BCUT2D eigenvalue weighted by molar-refractivity contribution is 7.19. The van der Waals surface area contributed by atoms with Gasteiger partial charge < -0.3 is 15.8 Å². The predicted molar refractivity (Wildman–Crippen MR) is 96.2 cm³/mol. The fourth-order valence-corrected chi connectivity index (χ4v) is 3.65. The van der Waals surface area contributed by atoms with E-state index in [1.807, 2.05) is 24.3 Å². The number of thiazole rings is 1. The number of benzene rings is 1. The molecular formula is C16H14N6O2S. The number of methoxy groups -OCH3 is 1. The van der Waals surface area contributed by atoms with Crippen molar-refractivity contribution in [3.8, 4) is 11.3 Å². The average molecular weight is 354 g/mol. The Hall–Kier alpha value is -3.20. The van der Waals surface area contributed by atoms with Crippen molar-refractivity contribution in [3.05, 3.63) is 35.5 Å². The first-order chi connectivity index (χ1) is 12.2. The van der Waals surface area contributed by atoms with Gasteiger partial charge in [-0.1, -0.05) is 12.1 Å². The minimum absolute atomic E-state index is 0.277. The highest BCUT2D eigenvalue weighted by atomic mass is 32.1. The molecule has 0 saturated heterocycles. The van der Waals surface area contributed by atoms with Gasteiger partial charge in [0, 0.05) is 17.1 Å². The molecule has 126 valence electrons. The molecule has 1 aromatic carbocycles. The largest absolute Gasteiger partial charge is 0.453 e. The number of nitrogen functional groups attached to an aromatic ring is 1. The molecular weight excluding hydrogens is 340 g/mol. The molecule has 1 amide bonds. The number of nitrogens with zero attached hydrogens (tertiary/aromatic N) is 3. The zero-order valence-electron chi connectivity index (χ0n) is 13.2. The zero-order chi connectivity index (χ0) is 17.4. The minimum Gasteiger partial charge on any atom is -0.453 e. The number of nitrogens with two attached hydrogens (primary N) is 1. The van der Waals surface area contributed by atoms with Crippen LogP contribution in [0.5, 0.6) is 0 Å². The van der Waals surface area contributed by atoms with E-state index in [4.69, 9.17) is 5.73 Å². The molecule has 3 aromatic heterocycles. The summed E-state index contributed by atoms with van der Waals surface area (Å²) in [6.07, 6.45) is 1.20. The van der Waals surface area contributed by atoms with Gasteiger partial charge in [0.05, 0.1) is 29.6 Å². The van der Waals surface area contributed by atoms with Crippen LogP contribution >= 0.6 is 11.3 Å². The van der Waals surface area contributed by atoms with Gasteiger partial charge in [0.25, 0.3) is 0 Å². The quantitative estimate of drug-likeness (QED) is 0.520. The first kappa shape index (κ1) is 15.3. The summed E-state index contributed by atoms with van der Waals surface area (Å²) >= 11 is 1.48. The van der Waals surface area contributed by atoms with E-state index in [0.29, 0.717) is 11.3 Å². The summed E-state index contributed by atoms with van der Waals surface area (Å²) in [6, 6.07) is 7.85. The Morgan fingerprint density at radius 2 is 2.24 bits per heavy atom. The van der Waals surface area contributed by atoms with Crippen molar-refractivity contribution in [1.29, 1.82) is 0 Å². The van der Waals surface area contributed by atoms with Crippen LogP contribution in [-0.2, 0) is 11.3 Å². The third kappa shape index (κ3) is 2.74. The molecule has 25 heavy (non-hydrogen) atoms. The molecule has 4 aromatic rings. The lowest BCUT2D eigenvalue weighted by atomic mass is 10.1. The Morgan fingerprint density at radius 1 is 1.36 bits per heavy atom. The van der Waals surface area contributed by atoms with Gasteiger partial charge >= 0.3 is 6.09 Å².